The van der Waals surface area contributed by atoms with Crippen LogP contribution in [0.5, 0.6) is 0 Å². The van der Waals surface area contributed by atoms with Crippen LogP contribution in [0.15, 0.2) is 23.3 Å². The van der Waals surface area contributed by atoms with Gasteiger partial charge in [-0.15, -0.1) is 0 Å². The third kappa shape index (κ3) is 3.09. The van der Waals surface area contributed by atoms with E-state index >= 15 is 0 Å². The van der Waals surface area contributed by atoms with E-state index in [-0.39, 0.29) is 45.4 Å². The van der Waals surface area contributed by atoms with Gasteiger partial charge in [-0.1, -0.05) is 64.8 Å². The van der Waals surface area contributed by atoms with Gasteiger partial charge in [0.25, 0.3) is 0 Å². The molecule has 0 aromatic rings. The molecule has 0 saturated heterocycles. The molecule has 4 fully saturated rings. The van der Waals surface area contributed by atoms with Crippen molar-refractivity contribution in [1.82, 2.24) is 0 Å². The number of allylic oxidation sites excluding steroid dienone is 4. The summed E-state index contributed by atoms with van der Waals surface area (Å²) in [6.07, 6.45) is 11.5. The maximum absolute atomic E-state index is 13.7. The van der Waals surface area contributed by atoms with Gasteiger partial charge in [-0.05, 0) is 92.3 Å². The molecule has 4 heteroatoms. The lowest BCUT2D eigenvalue weighted by Gasteiger charge is -2.68. The molecular weight excluding hydrogens is 448 g/mol. The molecule has 8 atom stereocenters. The van der Waals surface area contributed by atoms with Crippen molar-refractivity contribution in [3.63, 3.8) is 0 Å². The van der Waals surface area contributed by atoms with Gasteiger partial charge in [0.1, 0.15) is 5.78 Å². The number of aliphatic hydroxyl groups is 1. The highest BCUT2D eigenvalue weighted by Crippen LogP contribution is 2.74. The summed E-state index contributed by atoms with van der Waals surface area (Å²) in [6.45, 7) is 18.2. The number of ketones is 1. The van der Waals surface area contributed by atoms with Crippen molar-refractivity contribution in [2.75, 3.05) is 6.61 Å². The van der Waals surface area contributed by atoms with E-state index in [9.17, 15) is 14.7 Å². The van der Waals surface area contributed by atoms with Crippen LogP contribution < -0.4 is 0 Å². The number of carbonyl (C=O) groups excluding carboxylic acids is 2. The maximum Gasteiger partial charge on any atom is 0.312 e. The van der Waals surface area contributed by atoms with Crippen LogP contribution in [0.3, 0.4) is 0 Å². The smallest absolute Gasteiger partial charge is 0.312 e. The topological polar surface area (TPSA) is 63.6 Å². The summed E-state index contributed by atoms with van der Waals surface area (Å²) in [4.78, 5) is 26.7. The van der Waals surface area contributed by atoms with Crippen LogP contribution >= 0.6 is 0 Å². The number of ether oxygens (including phenoxy) is 1. The Morgan fingerprint density at radius 1 is 0.944 bits per heavy atom. The molecule has 4 nitrogen and oxygen atoms in total. The molecule has 1 N–H and O–H groups in total. The molecule has 0 bridgehead atoms. The second-order valence-electron chi connectivity index (χ2n) is 14.8. The fourth-order valence-electron chi connectivity index (χ4n) is 10.0. The monoisotopic (exact) mass is 496 g/mol. The molecular formula is C32H48O4. The molecule has 0 aromatic heterocycles. The number of rotatable bonds is 2. The number of Topliss-reactive ketones (excluding diaryl/α,β-unsaturated/α-hetero) is 1. The average Bonchev–Trinajstić information content (AvgIpc) is 2.79. The lowest BCUT2D eigenvalue weighted by atomic mass is 9.36. The molecule has 0 heterocycles. The zero-order chi connectivity index (χ0) is 26.5. The predicted molar refractivity (Wildman–Crippen MR) is 142 cm³/mol. The second-order valence-corrected chi connectivity index (χ2v) is 14.8. The normalized spacial score (nSPS) is 49.5. The Morgan fingerprint density at radius 2 is 1.64 bits per heavy atom. The Hall–Kier alpha value is -1.42. The van der Waals surface area contributed by atoms with Gasteiger partial charge in [-0.3, -0.25) is 9.59 Å². The minimum absolute atomic E-state index is 0.0167. The molecule has 2 unspecified atom stereocenters. The molecule has 5 aliphatic rings. The summed E-state index contributed by atoms with van der Waals surface area (Å²) in [6, 6.07) is 0. The van der Waals surface area contributed by atoms with Crippen LogP contribution in [0.2, 0.25) is 0 Å². The Labute approximate surface area is 218 Å². The lowest BCUT2D eigenvalue weighted by Crippen LogP contribution is -2.62. The van der Waals surface area contributed by atoms with E-state index in [1.807, 2.05) is 13.8 Å². The average molecular weight is 497 g/mol. The third-order valence-electron chi connectivity index (χ3n) is 12.8. The highest BCUT2D eigenvalue weighted by molar-refractivity contribution is 5.92. The van der Waals surface area contributed by atoms with Crippen molar-refractivity contribution < 1.29 is 19.4 Å². The Bertz CT molecular complexity index is 1050. The zero-order valence-corrected chi connectivity index (χ0v) is 23.9. The summed E-state index contributed by atoms with van der Waals surface area (Å²) in [5, 5.41) is 10.9. The quantitative estimate of drug-likeness (QED) is 0.427. The number of hydrogen-bond donors (Lipinski definition) is 1. The Morgan fingerprint density at radius 3 is 2.31 bits per heavy atom. The van der Waals surface area contributed by atoms with E-state index in [4.69, 9.17) is 4.74 Å². The SMILES string of the molecule is CCOC(=O)[C@]1(C)CC(=O)[C@]2(C)CC[C@]3(C)C(=CC=C4[C@@]5(C)CC[C@H](O)C(C)(C)C5CC[C@]43C)C2C1. The molecule has 0 spiro atoms. The number of aliphatic hydroxyl groups excluding tert-OH is 1. The summed E-state index contributed by atoms with van der Waals surface area (Å²) >= 11 is 0. The van der Waals surface area contributed by atoms with Gasteiger partial charge in [0, 0.05) is 11.8 Å². The van der Waals surface area contributed by atoms with E-state index in [1.165, 1.54) is 5.57 Å². The molecule has 0 aromatic carbocycles. The van der Waals surface area contributed by atoms with E-state index in [2.05, 4.69) is 53.7 Å². The minimum atomic E-state index is -0.756. The summed E-state index contributed by atoms with van der Waals surface area (Å²) in [5.41, 5.74) is 1.75. The number of carbonyl (C=O) groups is 2. The fourth-order valence-corrected chi connectivity index (χ4v) is 10.0. The van der Waals surface area contributed by atoms with Gasteiger partial charge in [0.05, 0.1) is 18.1 Å². The molecule has 200 valence electrons. The van der Waals surface area contributed by atoms with Gasteiger partial charge >= 0.3 is 5.97 Å². The first-order valence-electron chi connectivity index (χ1n) is 14.4. The fraction of sp³-hybridized carbons (Fsp3) is 0.812. The maximum atomic E-state index is 13.7. The zero-order valence-electron chi connectivity index (χ0n) is 23.9. The van der Waals surface area contributed by atoms with E-state index in [0.29, 0.717) is 25.4 Å². The summed E-state index contributed by atoms with van der Waals surface area (Å²) < 4.78 is 5.47. The van der Waals surface area contributed by atoms with Crippen molar-refractivity contribution in [1.29, 1.82) is 0 Å². The van der Waals surface area contributed by atoms with Crippen LogP contribution in [0.4, 0.5) is 0 Å². The highest BCUT2D eigenvalue weighted by Gasteiger charge is 2.67. The molecule has 5 aliphatic carbocycles. The molecule has 5 rings (SSSR count). The van der Waals surface area contributed by atoms with E-state index in [1.54, 1.807) is 5.57 Å². The van der Waals surface area contributed by atoms with E-state index in [0.717, 1.165) is 38.5 Å². The van der Waals surface area contributed by atoms with Crippen molar-refractivity contribution >= 4 is 11.8 Å². The lowest BCUT2D eigenvalue weighted by molar-refractivity contribution is -0.167. The molecule has 0 aliphatic heterocycles. The molecule has 0 radical (unpaired) electrons. The largest absolute Gasteiger partial charge is 0.466 e. The summed E-state index contributed by atoms with van der Waals surface area (Å²) in [5.74, 6) is 0.541. The van der Waals surface area contributed by atoms with Gasteiger partial charge in [-0.2, -0.15) is 0 Å². The predicted octanol–water partition coefficient (Wildman–Crippen LogP) is 6.81. The van der Waals surface area contributed by atoms with Crippen molar-refractivity contribution in [3.05, 3.63) is 23.3 Å². The number of esters is 1. The standard InChI is InChI=1S/C32H48O4/c1-9-36-26(35)28(4)18-21-20-10-11-23-30(6)14-13-24(33)27(2,3)22(30)12-15-32(23,8)31(20,7)17-16-29(21,5)25(34)19-28/h10-11,21-22,24,33H,9,12-19H2,1-8H3/t21?,22?,24-,28-,29+,30-,31+,32+/m0/s1. The van der Waals surface area contributed by atoms with E-state index < -0.39 is 10.8 Å². The summed E-state index contributed by atoms with van der Waals surface area (Å²) in [7, 11) is 0. The Balaban J connectivity index is 1.61. The van der Waals surface area contributed by atoms with Crippen LogP contribution in [0, 0.1) is 44.3 Å². The van der Waals surface area contributed by atoms with Gasteiger partial charge in [0.15, 0.2) is 0 Å². The minimum Gasteiger partial charge on any atom is -0.466 e. The molecule has 36 heavy (non-hydrogen) atoms. The van der Waals surface area contributed by atoms with Crippen LogP contribution in [-0.4, -0.2) is 29.6 Å². The van der Waals surface area contributed by atoms with Crippen LogP contribution in [-0.2, 0) is 14.3 Å². The molecule has 4 saturated carbocycles. The molecule has 0 amide bonds. The van der Waals surface area contributed by atoms with Crippen molar-refractivity contribution in [2.45, 2.75) is 113 Å². The third-order valence-corrected chi connectivity index (χ3v) is 12.8. The van der Waals surface area contributed by atoms with Gasteiger partial charge in [-0.25, -0.2) is 0 Å². The van der Waals surface area contributed by atoms with Crippen LogP contribution in [0.25, 0.3) is 0 Å². The van der Waals surface area contributed by atoms with Crippen molar-refractivity contribution in [3.8, 4) is 0 Å². The first-order chi connectivity index (χ1) is 16.6. The second kappa shape index (κ2) is 7.80. The Kier molecular flexibility index (Phi) is 5.68. The van der Waals surface area contributed by atoms with Gasteiger partial charge in [0.2, 0.25) is 0 Å². The van der Waals surface area contributed by atoms with Gasteiger partial charge < -0.3 is 9.84 Å². The van der Waals surface area contributed by atoms with Crippen LogP contribution in [0.1, 0.15) is 107 Å². The number of fused-ring (bicyclic) bond motifs is 7. The number of hydrogen-bond acceptors (Lipinski definition) is 4. The highest BCUT2D eigenvalue weighted by atomic mass is 16.5. The first kappa shape index (κ1) is 26.2. The van der Waals surface area contributed by atoms with Crippen molar-refractivity contribution in [2.24, 2.45) is 44.3 Å². The first-order valence-corrected chi connectivity index (χ1v) is 14.4.